The molecule has 0 aromatic heterocycles. The van der Waals surface area contributed by atoms with Crippen LogP contribution in [0.4, 0.5) is 0 Å². The van der Waals surface area contributed by atoms with Gasteiger partial charge in [0.1, 0.15) is 0 Å². The van der Waals surface area contributed by atoms with Crippen LogP contribution in [-0.4, -0.2) is 23.6 Å². The SMILES string of the molecule is CCCC1CC1NC1CCSC1. The summed E-state index contributed by atoms with van der Waals surface area (Å²) in [5, 5.41) is 3.77. The Labute approximate surface area is 79.7 Å². The molecule has 1 saturated heterocycles. The van der Waals surface area contributed by atoms with Crippen LogP contribution < -0.4 is 5.32 Å². The predicted molar refractivity (Wildman–Crippen MR) is 55.7 cm³/mol. The second-order valence-corrected chi connectivity index (χ2v) is 5.27. The summed E-state index contributed by atoms with van der Waals surface area (Å²) in [6.07, 6.45) is 5.66. The monoisotopic (exact) mass is 185 g/mol. The molecule has 1 nitrogen and oxygen atoms in total. The molecule has 3 unspecified atom stereocenters. The van der Waals surface area contributed by atoms with Crippen LogP contribution in [0.5, 0.6) is 0 Å². The molecule has 2 aliphatic rings. The fourth-order valence-corrected chi connectivity index (χ4v) is 3.28. The molecule has 2 fully saturated rings. The number of hydrogen-bond donors (Lipinski definition) is 1. The number of rotatable bonds is 4. The lowest BCUT2D eigenvalue weighted by Gasteiger charge is -2.10. The van der Waals surface area contributed by atoms with Crippen LogP contribution in [0.1, 0.15) is 32.6 Å². The Hall–Kier alpha value is 0.310. The van der Waals surface area contributed by atoms with E-state index in [0.29, 0.717) is 0 Å². The summed E-state index contributed by atoms with van der Waals surface area (Å²) in [4.78, 5) is 0. The molecule has 1 saturated carbocycles. The Balaban J connectivity index is 1.62. The first-order valence-corrected chi connectivity index (χ1v) is 6.39. The average molecular weight is 185 g/mol. The van der Waals surface area contributed by atoms with Gasteiger partial charge < -0.3 is 5.32 Å². The van der Waals surface area contributed by atoms with Gasteiger partial charge in [0, 0.05) is 17.8 Å². The molecule has 1 N–H and O–H groups in total. The first-order chi connectivity index (χ1) is 5.90. The summed E-state index contributed by atoms with van der Waals surface area (Å²) in [5.74, 6) is 3.76. The third-order valence-corrected chi connectivity index (χ3v) is 4.12. The fraction of sp³-hybridized carbons (Fsp3) is 1.00. The van der Waals surface area contributed by atoms with Gasteiger partial charge in [-0.15, -0.1) is 0 Å². The van der Waals surface area contributed by atoms with Gasteiger partial charge in [-0.1, -0.05) is 13.3 Å². The van der Waals surface area contributed by atoms with Crippen LogP contribution >= 0.6 is 11.8 Å². The molecule has 12 heavy (non-hydrogen) atoms. The molecule has 2 rings (SSSR count). The Bertz CT molecular complexity index is 143. The minimum Gasteiger partial charge on any atom is -0.310 e. The van der Waals surface area contributed by atoms with Gasteiger partial charge in [-0.25, -0.2) is 0 Å². The highest BCUT2D eigenvalue weighted by atomic mass is 32.2. The second kappa shape index (κ2) is 4.01. The van der Waals surface area contributed by atoms with E-state index in [0.717, 1.165) is 18.0 Å². The maximum atomic E-state index is 3.77. The van der Waals surface area contributed by atoms with Crippen molar-refractivity contribution in [1.82, 2.24) is 5.32 Å². The van der Waals surface area contributed by atoms with Crippen molar-refractivity contribution in [3.63, 3.8) is 0 Å². The summed E-state index contributed by atoms with van der Waals surface area (Å²) in [6.45, 7) is 2.29. The zero-order valence-corrected chi connectivity index (χ0v) is 8.70. The summed E-state index contributed by atoms with van der Waals surface area (Å²) >= 11 is 2.10. The van der Waals surface area contributed by atoms with Crippen LogP contribution in [0.25, 0.3) is 0 Å². The quantitative estimate of drug-likeness (QED) is 0.721. The van der Waals surface area contributed by atoms with Crippen LogP contribution in [0, 0.1) is 5.92 Å². The minimum absolute atomic E-state index is 0.849. The lowest BCUT2D eigenvalue weighted by molar-refractivity contribution is 0.520. The average Bonchev–Trinajstić information content (AvgIpc) is 2.62. The Kier molecular flexibility index (Phi) is 2.97. The van der Waals surface area contributed by atoms with Gasteiger partial charge in [0.25, 0.3) is 0 Å². The van der Waals surface area contributed by atoms with Crippen molar-refractivity contribution in [3.8, 4) is 0 Å². The topological polar surface area (TPSA) is 12.0 Å². The highest BCUT2D eigenvalue weighted by molar-refractivity contribution is 7.99. The van der Waals surface area contributed by atoms with E-state index in [1.807, 2.05) is 0 Å². The third kappa shape index (κ3) is 2.17. The summed E-state index contributed by atoms with van der Waals surface area (Å²) in [7, 11) is 0. The van der Waals surface area contributed by atoms with E-state index in [4.69, 9.17) is 0 Å². The van der Waals surface area contributed by atoms with Crippen LogP contribution in [-0.2, 0) is 0 Å². The van der Waals surface area contributed by atoms with E-state index >= 15 is 0 Å². The predicted octanol–water partition coefficient (Wildman–Crippen LogP) is 2.27. The molecular weight excluding hydrogens is 166 g/mol. The van der Waals surface area contributed by atoms with Crippen molar-refractivity contribution >= 4 is 11.8 Å². The maximum absolute atomic E-state index is 3.77. The number of thioether (sulfide) groups is 1. The second-order valence-electron chi connectivity index (χ2n) is 4.12. The van der Waals surface area contributed by atoms with Gasteiger partial charge in [-0.2, -0.15) is 11.8 Å². The molecule has 1 aliphatic heterocycles. The molecule has 0 aromatic carbocycles. The summed E-state index contributed by atoms with van der Waals surface area (Å²) in [6, 6.07) is 1.75. The van der Waals surface area contributed by atoms with Gasteiger partial charge in [-0.3, -0.25) is 0 Å². The molecule has 1 aliphatic carbocycles. The van der Waals surface area contributed by atoms with E-state index in [1.54, 1.807) is 0 Å². The van der Waals surface area contributed by atoms with E-state index in [9.17, 15) is 0 Å². The zero-order valence-electron chi connectivity index (χ0n) is 7.88. The summed E-state index contributed by atoms with van der Waals surface area (Å²) < 4.78 is 0. The van der Waals surface area contributed by atoms with E-state index in [-0.39, 0.29) is 0 Å². The minimum atomic E-state index is 0.849. The lowest BCUT2D eigenvalue weighted by Crippen LogP contribution is -2.31. The molecule has 0 spiro atoms. The van der Waals surface area contributed by atoms with Crippen molar-refractivity contribution in [2.75, 3.05) is 11.5 Å². The molecule has 0 aromatic rings. The normalized spacial score (nSPS) is 40.2. The standard InChI is InChI=1S/C10H19NS/c1-2-3-8-6-10(8)11-9-4-5-12-7-9/h8-11H,2-7H2,1H3. The van der Waals surface area contributed by atoms with Crippen molar-refractivity contribution in [1.29, 1.82) is 0 Å². The van der Waals surface area contributed by atoms with Gasteiger partial charge >= 0.3 is 0 Å². The smallest absolute Gasteiger partial charge is 0.0168 e. The zero-order chi connectivity index (χ0) is 8.39. The first kappa shape index (κ1) is 8.89. The van der Waals surface area contributed by atoms with E-state index < -0.39 is 0 Å². The highest BCUT2D eigenvalue weighted by Crippen LogP contribution is 2.35. The summed E-state index contributed by atoms with van der Waals surface area (Å²) in [5.41, 5.74) is 0. The number of hydrogen-bond acceptors (Lipinski definition) is 2. The van der Waals surface area contributed by atoms with Crippen LogP contribution in [0.15, 0.2) is 0 Å². The molecule has 0 bridgehead atoms. The highest BCUT2D eigenvalue weighted by Gasteiger charge is 2.37. The van der Waals surface area contributed by atoms with Gasteiger partial charge in [0.05, 0.1) is 0 Å². The first-order valence-electron chi connectivity index (χ1n) is 5.24. The molecule has 3 atom stereocenters. The third-order valence-electron chi connectivity index (χ3n) is 2.96. The van der Waals surface area contributed by atoms with E-state index in [1.165, 1.54) is 37.2 Å². The van der Waals surface area contributed by atoms with Gasteiger partial charge in [0.2, 0.25) is 0 Å². The molecule has 0 amide bonds. The van der Waals surface area contributed by atoms with Crippen LogP contribution in [0.2, 0.25) is 0 Å². The van der Waals surface area contributed by atoms with Gasteiger partial charge in [0.15, 0.2) is 0 Å². The number of nitrogens with one attached hydrogen (secondary N) is 1. The van der Waals surface area contributed by atoms with Crippen molar-refractivity contribution in [2.45, 2.75) is 44.7 Å². The van der Waals surface area contributed by atoms with Crippen molar-refractivity contribution in [2.24, 2.45) is 5.92 Å². The Morgan fingerprint density at radius 2 is 2.42 bits per heavy atom. The molecule has 2 heteroatoms. The van der Waals surface area contributed by atoms with Crippen molar-refractivity contribution < 1.29 is 0 Å². The van der Waals surface area contributed by atoms with Crippen LogP contribution in [0.3, 0.4) is 0 Å². The molecular formula is C10H19NS. The molecule has 0 radical (unpaired) electrons. The lowest BCUT2D eigenvalue weighted by atomic mass is 10.2. The maximum Gasteiger partial charge on any atom is 0.0168 e. The van der Waals surface area contributed by atoms with Crippen molar-refractivity contribution in [3.05, 3.63) is 0 Å². The fourth-order valence-electron chi connectivity index (χ4n) is 2.11. The Morgan fingerprint density at radius 3 is 3.08 bits per heavy atom. The van der Waals surface area contributed by atoms with E-state index in [2.05, 4.69) is 24.0 Å². The molecule has 70 valence electrons. The van der Waals surface area contributed by atoms with Gasteiger partial charge in [-0.05, 0) is 30.9 Å². The largest absolute Gasteiger partial charge is 0.310 e. The molecule has 1 heterocycles. The Morgan fingerprint density at radius 1 is 1.50 bits per heavy atom.